The molecule has 0 heterocycles. The smallest absolute Gasteiger partial charge is 0.0725 e. The highest BCUT2D eigenvalue weighted by Gasteiger charge is 2.53. The zero-order valence-corrected chi connectivity index (χ0v) is 31.3. The van der Waals surface area contributed by atoms with E-state index in [2.05, 4.69) is 178 Å². The van der Waals surface area contributed by atoms with Gasteiger partial charge in [-0.2, -0.15) is 0 Å². The van der Waals surface area contributed by atoms with Crippen molar-refractivity contribution in [1.82, 2.24) is 0 Å². The van der Waals surface area contributed by atoms with E-state index >= 15 is 0 Å². The van der Waals surface area contributed by atoms with Gasteiger partial charge in [0.2, 0.25) is 0 Å². The molecule has 7 aromatic carbocycles. The van der Waals surface area contributed by atoms with Gasteiger partial charge >= 0.3 is 0 Å². The first-order chi connectivity index (χ1) is 27.1. The lowest BCUT2D eigenvalue weighted by Gasteiger charge is -2.45. The fourth-order valence-corrected chi connectivity index (χ4v) is 12.0. The van der Waals surface area contributed by atoms with Crippen molar-refractivity contribution in [1.29, 1.82) is 0 Å². The van der Waals surface area contributed by atoms with Crippen molar-refractivity contribution in [3.05, 3.63) is 237 Å². The number of rotatable bonds is 2. The first kappa shape index (κ1) is 31.1. The largest absolute Gasteiger partial charge is 0.0984 e. The van der Waals surface area contributed by atoms with Crippen molar-refractivity contribution in [3.63, 3.8) is 0 Å². The molecule has 5 aliphatic rings. The second kappa shape index (κ2) is 10.9. The fraction of sp³-hybridized carbons (Fsp3) is 0.127. The standard InChI is InChI=1S/C55H40/c1-4-38-49(55(48-26-14-16-36-30-28-34(3)51(38)53(36)48)45-23-11-7-19-41(45)42-20-8-12-24-46(42)55)31-37-32-54(47-25-13-15-35-29-27-33(2)50(37)52(35)47)43-21-9-5-17-39(43)40-18-6-10-22-44(40)54/h4-26,28,30-31H,1,27,29,32H2,2-3H3/b37-31+. The number of benzene rings is 7. The Morgan fingerprint density at radius 3 is 1.75 bits per heavy atom. The lowest BCUT2D eigenvalue weighted by Crippen LogP contribution is -2.35. The van der Waals surface area contributed by atoms with Gasteiger partial charge in [-0.3, -0.25) is 0 Å². The number of hydrogen-bond donors (Lipinski definition) is 0. The maximum absolute atomic E-state index is 4.64. The summed E-state index contributed by atoms with van der Waals surface area (Å²) in [6.45, 7) is 9.33. The van der Waals surface area contributed by atoms with Crippen LogP contribution in [0.3, 0.4) is 0 Å². The Hall–Kier alpha value is -6.24. The van der Waals surface area contributed by atoms with Crippen LogP contribution in [0.25, 0.3) is 44.2 Å². The third-order valence-corrected chi connectivity index (χ3v) is 14.0. The Labute approximate surface area is 323 Å². The van der Waals surface area contributed by atoms with E-state index in [4.69, 9.17) is 0 Å². The highest BCUT2D eigenvalue weighted by atomic mass is 14.5. The van der Waals surface area contributed by atoms with Gasteiger partial charge in [0.05, 0.1) is 10.8 Å². The summed E-state index contributed by atoms with van der Waals surface area (Å²) in [5, 5.41) is 2.64. The zero-order chi connectivity index (χ0) is 36.6. The molecule has 0 saturated heterocycles. The summed E-state index contributed by atoms with van der Waals surface area (Å²) in [7, 11) is 0. The van der Waals surface area contributed by atoms with E-state index in [1.165, 1.54) is 117 Å². The average molecular weight is 701 g/mol. The van der Waals surface area contributed by atoms with Crippen LogP contribution in [0.1, 0.15) is 75.4 Å². The summed E-state index contributed by atoms with van der Waals surface area (Å²) >= 11 is 0. The Kier molecular flexibility index (Phi) is 6.19. The molecule has 0 saturated carbocycles. The molecule has 7 aromatic rings. The van der Waals surface area contributed by atoms with Gasteiger partial charge in [-0.1, -0.05) is 170 Å². The number of aryl methyl sites for hydroxylation is 2. The van der Waals surface area contributed by atoms with Gasteiger partial charge < -0.3 is 0 Å². The molecule has 0 aromatic heterocycles. The molecule has 0 amide bonds. The Morgan fingerprint density at radius 1 is 0.527 bits per heavy atom. The van der Waals surface area contributed by atoms with E-state index in [1.807, 2.05) is 0 Å². The van der Waals surface area contributed by atoms with E-state index < -0.39 is 5.41 Å². The van der Waals surface area contributed by atoms with Gasteiger partial charge in [-0.15, -0.1) is 0 Å². The van der Waals surface area contributed by atoms with Crippen LogP contribution in [0.4, 0.5) is 0 Å². The van der Waals surface area contributed by atoms with Crippen molar-refractivity contribution in [2.45, 2.75) is 43.9 Å². The van der Waals surface area contributed by atoms with Gasteiger partial charge in [0.1, 0.15) is 0 Å². The fourth-order valence-electron chi connectivity index (χ4n) is 12.0. The number of fused-ring (bicyclic) bond motifs is 12. The molecule has 0 unspecified atom stereocenters. The van der Waals surface area contributed by atoms with Crippen molar-refractivity contribution < 1.29 is 0 Å². The predicted molar refractivity (Wildman–Crippen MR) is 229 cm³/mol. The molecule has 0 N–H and O–H groups in total. The van der Waals surface area contributed by atoms with Crippen LogP contribution in [0.2, 0.25) is 0 Å². The third kappa shape index (κ3) is 3.68. The summed E-state index contributed by atoms with van der Waals surface area (Å²) < 4.78 is 0. The molecule has 0 fully saturated rings. The van der Waals surface area contributed by atoms with Crippen LogP contribution in [0.5, 0.6) is 0 Å². The summed E-state index contributed by atoms with van der Waals surface area (Å²) in [4.78, 5) is 0. The third-order valence-electron chi connectivity index (χ3n) is 14.0. The minimum Gasteiger partial charge on any atom is -0.0984 e. The molecule has 0 atom stereocenters. The molecule has 12 rings (SSSR count). The van der Waals surface area contributed by atoms with Gasteiger partial charge in [0, 0.05) is 0 Å². The molecule has 0 bridgehead atoms. The maximum Gasteiger partial charge on any atom is 0.0725 e. The van der Waals surface area contributed by atoms with Crippen LogP contribution in [0.15, 0.2) is 181 Å². The summed E-state index contributed by atoms with van der Waals surface area (Å²) in [6.07, 6.45) is 7.90. The second-order valence-electron chi connectivity index (χ2n) is 16.4. The molecule has 0 aliphatic heterocycles. The van der Waals surface area contributed by atoms with Crippen molar-refractivity contribution in [3.8, 4) is 22.3 Å². The average Bonchev–Trinajstić information content (AvgIpc) is 3.68. The molecule has 0 nitrogen and oxygen atoms in total. The SMILES string of the molecule is C=CC1=C(/C=C2\CC3(c4ccccc4-c4ccccc43)c3cccc4c3C2=C(C)CC4)C2(c3ccccc3-c3ccccc32)c2cccc3ccc(C)c1c23. The highest BCUT2D eigenvalue weighted by molar-refractivity contribution is 6.08. The maximum atomic E-state index is 4.64. The van der Waals surface area contributed by atoms with Gasteiger partial charge in [0.15, 0.2) is 0 Å². The highest BCUT2D eigenvalue weighted by Crippen LogP contribution is 2.65. The van der Waals surface area contributed by atoms with Crippen molar-refractivity contribution in [2.75, 3.05) is 0 Å². The minimum atomic E-state index is -0.522. The monoisotopic (exact) mass is 700 g/mol. The number of allylic oxidation sites excluding steroid dienone is 7. The first-order valence-corrected chi connectivity index (χ1v) is 19.9. The molecule has 5 aliphatic carbocycles. The Bertz CT molecular complexity index is 2900. The lowest BCUT2D eigenvalue weighted by molar-refractivity contribution is 0.613. The van der Waals surface area contributed by atoms with Crippen LogP contribution in [-0.2, 0) is 17.3 Å². The van der Waals surface area contributed by atoms with E-state index in [1.54, 1.807) is 0 Å². The molecule has 55 heavy (non-hydrogen) atoms. The van der Waals surface area contributed by atoms with Gasteiger partial charge in [0.25, 0.3) is 0 Å². The normalized spacial score (nSPS) is 18.0. The Morgan fingerprint density at radius 2 is 1.09 bits per heavy atom. The minimum absolute atomic E-state index is 0.304. The molecular weight excluding hydrogens is 661 g/mol. The first-order valence-electron chi connectivity index (χ1n) is 19.9. The molecule has 0 radical (unpaired) electrons. The van der Waals surface area contributed by atoms with E-state index in [0.717, 1.165) is 19.3 Å². The van der Waals surface area contributed by atoms with Crippen LogP contribution in [-0.4, -0.2) is 0 Å². The van der Waals surface area contributed by atoms with E-state index in [9.17, 15) is 0 Å². The van der Waals surface area contributed by atoms with Crippen LogP contribution >= 0.6 is 0 Å². The topological polar surface area (TPSA) is 0 Å². The summed E-state index contributed by atoms with van der Waals surface area (Å²) in [6, 6.07) is 55.6. The second-order valence-corrected chi connectivity index (χ2v) is 16.4. The predicted octanol–water partition coefficient (Wildman–Crippen LogP) is 13.5. The molecule has 0 heteroatoms. The quantitative estimate of drug-likeness (QED) is 0.168. The number of hydrogen-bond acceptors (Lipinski definition) is 0. The zero-order valence-electron chi connectivity index (χ0n) is 31.3. The van der Waals surface area contributed by atoms with E-state index in [0.29, 0.717) is 0 Å². The molecule has 2 spiro atoms. The van der Waals surface area contributed by atoms with Crippen molar-refractivity contribution in [2.24, 2.45) is 0 Å². The van der Waals surface area contributed by atoms with Crippen LogP contribution in [0, 0.1) is 6.92 Å². The van der Waals surface area contributed by atoms with Gasteiger partial charge in [-0.25, -0.2) is 0 Å². The van der Waals surface area contributed by atoms with E-state index in [-0.39, 0.29) is 5.41 Å². The summed E-state index contributed by atoms with van der Waals surface area (Å²) in [5.41, 5.74) is 25.5. The molecule has 260 valence electrons. The molecular formula is C55H40. The van der Waals surface area contributed by atoms with Gasteiger partial charge in [-0.05, 0) is 144 Å². The Balaban J connectivity index is 1.26. The van der Waals surface area contributed by atoms with Crippen LogP contribution < -0.4 is 0 Å². The lowest BCUT2D eigenvalue weighted by atomic mass is 9.57. The summed E-state index contributed by atoms with van der Waals surface area (Å²) in [5.74, 6) is 0. The van der Waals surface area contributed by atoms with Crippen molar-refractivity contribution >= 4 is 21.9 Å².